The van der Waals surface area contributed by atoms with Gasteiger partial charge in [0.05, 0.1) is 0 Å². The molecular weight excluding hydrogens is 177 g/mol. The lowest BCUT2D eigenvalue weighted by Gasteiger charge is -2.46. The van der Waals surface area contributed by atoms with E-state index >= 15 is 0 Å². The van der Waals surface area contributed by atoms with Crippen molar-refractivity contribution < 1.29 is 0 Å². The zero-order valence-electron chi connectivity index (χ0n) is 9.14. The van der Waals surface area contributed by atoms with Crippen LogP contribution in [-0.2, 0) is 0 Å². The SMILES string of the molecule is CC(C)N1CCC(C)(P)CC12CC2. The molecule has 76 valence electrons. The molecule has 0 radical (unpaired) electrons. The first kappa shape index (κ1) is 9.93. The number of hydrogen-bond donors (Lipinski definition) is 0. The van der Waals surface area contributed by atoms with Crippen LogP contribution in [0.1, 0.15) is 46.5 Å². The second-order valence-electron chi connectivity index (χ2n) is 5.59. The van der Waals surface area contributed by atoms with Gasteiger partial charge in [-0.1, -0.05) is 6.92 Å². The summed E-state index contributed by atoms with van der Waals surface area (Å²) in [7, 11) is 3.07. The first-order valence-electron chi connectivity index (χ1n) is 5.51. The maximum absolute atomic E-state index is 3.07. The molecule has 2 heteroatoms. The summed E-state index contributed by atoms with van der Waals surface area (Å²) in [5, 5.41) is 0.516. The molecule has 13 heavy (non-hydrogen) atoms. The van der Waals surface area contributed by atoms with E-state index in [1.807, 2.05) is 0 Å². The van der Waals surface area contributed by atoms with Crippen LogP contribution in [0.15, 0.2) is 0 Å². The lowest BCUT2D eigenvalue weighted by Crippen LogP contribution is -2.51. The molecule has 2 fully saturated rings. The largest absolute Gasteiger partial charge is 0.295 e. The van der Waals surface area contributed by atoms with Crippen LogP contribution in [0, 0.1) is 0 Å². The van der Waals surface area contributed by atoms with Crippen molar-refractivity contribution in [3.05, 3.63) is 0 Å². The molecule has 0 aromatic rings. The third kappa shape index (κ3) is 1.78. The van der Waals surface area contributed by atoms with Crippen LogP contribution in [-0.4, -0.2) is 28.2 Å². The van der Waals surface area contributed by atoms with Gasteiger partial charge in [-0.3, -0.25) is 4.90 Å². The molecule has 0 N–H and O–H groups in total. The average molecular weight is 199 g/mol. The molecule has 2 atom stereocenters. The molecule has 0 bridgehead atoms. The number of piperidine rings is 1. The number of hydrogen-bond acceptors (Lipinski definition) is 1. The van der Waals surface area contributed by atoms with Crippen LogP contribution in [0.5, 0.6) is 0 Å². The van der Waals surface area contributed by atoms with Crippen molar-refractivity contribution in [1.29, 1.82) is 0 Å². The first-order valence-corrected chi connectivity index (χ1v) is 6.09. The molecule has 1 saturated carbocycles. The molecule has 1 spiro atoms. The first-order chi connectivity index (χ1) is 5.95. The van der Waals surface area contributed by atoms with Crippen molar-refractivity contribution >= 4 is 9.24 Å². The molecule has 1 saturated heterocycles. The number of rotatable bonds is 1. The summed E-state index contributed by atoms with van der Waals surface area (Å²) in [6, 6.07) is 0.739. The fraction of sp³-hybridized carbons (Fsp3) is 1.00. The van der Waals surface area contributed by atoms with Crippen molar-refractivity contribution in [3.63, 3.8) is 0 Å². The molecule has 1 nitrogen and oxygen atoms in total. The summed E-state index contributed by atoms with van der Waals surface area (Å²) in [4.78, 5) is 2.73. The fourth-order valence-electron chi connectivity index (χ4n) is 2.97. The normalized spacial score (nSPS) is 38.5. The van der Waals surface area contributed by atoms with E-state index < -0.39 is 0 Å². The predicted octanol–water partition coefficient (Wildman–Crippen LogP) is 2.66. The summed E-state index contributed by atoms with van der Waals surface area (Å²) in [5.74, 6) is 0. The smallest absolute Gasteiger partial charge is 0.0222 e. The van der Waals surface area contributed by atoms with E-state index in [0.29, 0.717) is 10.7 Å². The van der Waals surface area contributed by atoms with Crippen LogP contribution in [0.3, 0.4) is 0 Å². The maximum Gasteiger partial charge on any atom is 0.0222 e. The van der Waals surface area contributed by atoms with Gasteiger partial charge in [0.15, 0.2) is 0 Å². The Labute approximate surface area is 84.5 Å². The van der Waals surface area contributed by atoms with Crippen LogP contribution >= 0.6 is 9.24 Å². The standard InChI is InChI=1S/C11H22NP/c1-9(2)12-7-6-10(3,13)8-11(12)4-5-11/h9H,4-8,13H2,1-3H3. The average Bonchev–Trinajstić information content (AvgIpc) is 2.66. The minimum absolute atomic E-state index is 0.516. The highest BCUT2D eigenvalue weighted by atomic mass is 31.0. The van der Waals surface area contributed by atoms with E-state index in [-0.39, 0.29) is 0 Å². The van der Waals surface area contributed by atoms with Gasteiger partial charge in [0.2, 0.25) is 0 Å². The third-order valence-corrected chi connectivity index (χ3v) is 4.21. The highest BCUT2D eigenvalue weighted by Gasteiger charge is 2.53. The monoisotopic (exact) mass is 199 g/mol. The van der Waals surface area contributed by atoms with Gasteiger partial charge >= 0.3 is 0 Å². The van der Waals surface area contributed by atoms with Gasteiger partial charge in [-0.15, -0.1) is 9.24 Å². The fourth-order valence-corrected chi connectivity index (χ4v) is 3.48. The van der Waals surface area contributed by atoms with E-state index in [9.17, 15) is 0 Å². The molecule has 0 amide bonds. The number of likely N-dealkylation sites (tertiary alicyclic amines) is 1. The van der Waals surface area contributed by atoms with Gasteiger partial charge in [0.25, 0.3) is 0 Å². The second kappa shape index (κ2) is 2.94. The Bertz CT molecular complexity index is 206. The highest BCUT2D eigenvalue weighted by Crippen LogP contribution is 2.54. The zero-order valence-corrected chi connectivity index (χ0v) is 10.3. The zero-order chi connectivity index (χ0) is 9.69. The molecule has 2 rings (SSSR count). The maximum atomic E-state index is 3.07. The summed E-state index contributed by atoms with van der Waals surface area (Å²) in [6.45, 7) is 8.38. The summed E-state index contributed by atoms with van der Waals surface area (Å²) < 4.78 is 0. The van der Waals surface area contributed by atoms with E-state index in [1.54, 1.807) is 0 Å². The van der Waals surface area contributed by atoms with Crippen LogP contribution in [0.25, 0.3) is 0 Å². The molecule has 2 aliphatic rings. The van der Waals surface area contributed by atoms with Crippen LogP contribution < -0.4 is 0 Å². The molecule has 2 unspecified atom stereocenters. The van der Waals surface area contributed by atoms with Crippen LogP contribution in [0.4, 0.5) is 0 Å². The van der Waals surface area contributed by atoms with E-state index in [4.69, 9.17) is 0 Å². The van der Waals surface area contributed by atoms with E-state index in [2.05, 4.69) is 34.9 Å². The Hall–Kier alpha value is 0.390. The predicted molar refractivity (Wildman–Crippen MR) is 61.2 cm³/mol. The van der Waals surface area contributed by atoms with Gasteiger partial charge in [0.1, 0.15) is 0 Å². The van der Waals surface area contributed by atoms with Gasteiger partial charge in [0, 0.05) is 11.6 Å². The Morgan fingerprint density at radius 1 is 1.23 bits per heavy atom. The highest BCUT2D eigenvalue weighted by molar-refractivity contribution is 7.18. The summed E-state index contributed by atoms with van der Waals surface area (Å²) in [5.41, 5.74) is 0.614. The van der Waals surface area contributed by atoms with Gasteiger partial charge in [-0.2, -0.15) is 0 Å². The van der Waals surface area contributed by atoms with Crippen molar-refractivity contribution in [2.75, 3.05) is 6.54 Å². The molecule has 1 heterocycles. The Morgan fingerprint density at radius 3 is 2.31 bits per heavy atom. The van der Waals surface area contributed by atoms with Crippen molar-refractivity contribution in [2.45, 2.75) is 63.2 Å². The lowest BCUT2D eigenvalue weighted by molar-refractivity contribution is 0.0788. The Balaban J connectivity index is 2.10. The minimum atomic E-state index is 0.516. The number of nitrogens with zero attached hydrogens (tertiary/aromatic N) is 1. The Morgan fingerprint density at radius 2 is 1.85 bits per heavy atom. The molecule has 1 aliphatic heterocycles. The topological polar surface area (TPSA) is 3.24 Å². The quantitative estimate of drug-likeness (QED) is 0.587. The van der Waals surface area contributed by atoms with Crippen molar-refractivity contribution in [1.82, 2.24) is 4.90 Å². The van der Waals surface area contributed by atoms with Crippen molar-refractivity contribution in [3.8, 4) is 0 Å². The molecular formula is C11H22NP. The molecule has 1 aliphatic carbocycles. The van der Waals surface area contributed by atoms with Gasteiger partial charge < -0.3 is 0 Å². The minimum Gasteiger partial charge on any atom is -0.295 e. The third-order valence-electron chi connectivity index (χ3n) is 3.72. The lowest BCUT2D eigenvalue weighted by atomic mass is 9.88. The van der Waals surface area contributed by atoms with E-state index in [1.165, 1.54) is 32.2 Å². The van der Waals surface area contributed by atoms with Crippen LogP contribution in [0.2, 0.25) is 0 Å². The molecule has 0 aromatic heterocycles. The molecule has 0 aromatic carbocycles. The Kier molecular flexibility index (Phi) is 2.24. The summed E-state index contributed by atoms with van der Waals surface area (Å²) in [6.07, 6.45) is 5.62. The summed E-state index contributed by atoms with van der Waals surface area (Å²) >= 11 is 0. The van der Waals surface area contributed by atoms with Gasteiger partial charge in [-0.25, -0.2) is 0 Å². The van der Waals surface area contributed by atoms with Crippen molar-refractivity contribution in [2.24, 2.45) is 0 Å². The second-order valence-corrected chi connectivity index (χ2v) is 6.99. The van der Waals surface area contributed by atoms with Gasteiger partial charge in [-0.05, 0) is 51.2 Å². The van der Waals surface area contributed by atoms with E-state index in [0.717, 1.165) is 6.04 Å².